The Morgan fingerprint density at radius 2 is 1.46 bits per heavy atom. The first-order chi connectivity index (χ1) is 21.8. The quantitative estimate of drug-likeness (QED) is 0.184. The third kappa shape index (κ3) is 8.81. The Balaban J connectivity index is 1.81. The molecule has 4 aromatic rings. The minimum absolute atomic E-state index is 0.0307. The second kappa shape index (κ2) is 15.2. The molecule has 1 atom stereocenters. The molecule has 7 nitrogen and oxygen atoms in total. The van der Waals surface area contributed by atoms with Crippen LogP contribution in [0.4, 0.5) is 10.1 Å². The third-order valence-corrected chi connectivity index (χ3v) is 9.68. The van der Waals surface area contributed by atoms with Gasteiger partial charge in [-0.2, -0.15) is 0 Å². The van der Waals surface area contributed by atoms with E-state index < -0.39 is 34.3 Å². The minimum atomic E-state index is -4.20. The number of carbonyl (C=O) groups is 2. The van der Waals surface area contributed by atoms with Gasteiger partial charge >= 0.3 is 0 Å². The summed E-state index contributed by atoms with van der Waals surface area (Å²) >= 11 is 0. The van der Waals surface area contributed by atoms with Crippen LogP contribution in [0, 0.1) is 32.5 Å². The molecule has 0 fully saturated rings. The van der Waals surface area contributed by atoms with Crippen molar-refractivity contribution >= 4 is 27.5 Å². The van der Waals surface area contributed by atoms with Crippen LogP contribution in [0.2, 0.25) is 0 Å². The lowest BCUT2D eigenvalue weighted by Crippen LogP contribution is -2.53. The first-order valence-electron chi connectivity index (χ1n) is 15.4. The maximum absolute atomic E-state index is 14.5. The molecule has 0 saturated heterocycles. The number of nitrogens with one attached hydrogen (secondary N) is 1. The molecule has 0 heterocycles. The standard InChI is InChI=1S/C37H42FN3O4S/c1-26(2)23-39-37(43)35(22-30-9-7-6-8-10-30)40(24-31-14-16-32(38)17-15-31)36(42)25-41(33-18-13-28(4)29(5)21-33)46(44,45)34-19-11-27(3)12-20-34/h6-21,26,35H,22-25H2,1-5H3,(H,39,43)/t35-/m0/s1. The molecule has 9 heteroatoms. The van der Waals surface area contributed by atoms with Gasteiger partial charge in [-0.05, 0) is 85.3 Å². The highest BCUT2D eigenvalue weighted by atomic mass is 32.2. The molecule has 0 aromatic heterocycles. The molecular formula is C37H42FN3O4S. The summed E-state index contributed by atoms with van der Waals surface area (Å²) in [7, 11) is -4.20. The highest BCUT2D eigenvalue weighted by Gasteiger charge is 2.34. The lowest BCUT2D eigenvalue weighted by atomic mass is 10.0. The van der Waals surface area contributed by atoms with Crippen molar-refractivity contribution in [3.05, 3.63) is 131 Å². The maximum atomic E-state index is 14.5. The Morgan fingerprint density at radius 3 is 2.07 bits per heavy atom. The number of hydrogen-bond donors (Lipinski definition) is 1. The van der Waals surface area contributed by atoms with Gasteiger partial charge in [0.2, 0.25) is 11.8 Å². The molecule has 0 aliphatic carbocycles. The van der Waals surface area contributed by atoms with E-state index in [-0.39, 0.29) is 29.7 Å². The number of carbonyl (C=O) groups excluding carboxylic acids is 2. The van der Waals surface area contributed by atoms with Crippen LogP contribution in [0.1, 0.15) is 41.7 Å². The second-order valence-corrected chi connectivity index (χ2v) is 13.9. The van der Waals surface area contributed by atoms with Crippen molar-refractivity contribution in [3.8, 4) is 0 Å². The normalized spacial score (nSPS) is 12.1. The van der Waals surface area contributed by atoms with Gasteiger partial charge in [0.05, 0.1) is 10.6 Å². The fraction of sp³-hybridized carbons (Fsp3) is 0.297. The van der Waals surface area contributed by atoms with Crippen LogP contribution >= 0.6 is 0 Å². The average molecular weight is 644 g/mol. The van der Waals surface area contributed by atoms with E-state index in [4.69, 9.17) is 0 Å². The van der Waals surface area contributed by atoms with Gasteiger partial charge in [-0.25, -0.2) is 12.8 Å². The van der Waals surface area contributed by atoms with Crippen molar-refractivity contribution in [2.45, 2.75) is 58.5 Å². The Hall–Kier alpha value is -4.50. The number of benzene rings is 4. The lowest BCUT2D eigenvalue weighted by Gasteiger charge is -2.34. The molecule has 4 rings (SSSR count). The van der Waals surface area contributed by atoms with E-state index in [1.807, 2.05) is 71.0 Å². The average Bonchev–Trinajstić information content (AvgIpc) is 3.03. The smallest absolute Gasteiger partial charge is 0.264 e. The molecule has 0 unspecified atom stereocenters. The SMILES string of the molecule is Cc1ccc(S(=O)(=O)N(CC(=O)N(Cc2ccc(F)cc2)[C@@H](Cc2ccccc2)C(=O)NCC(C)C)c2ccc(C)c(C)c2)cc1. The topological polar surface area (TPSA) is 86.8 Å². The molecular weight excluding hydrogens is 601 g/mol. The van der Waals surface area contributed by atoms with Crippen molar-refractivity contribution in [1.82, 2.24) is 10.2 Å². The van der Waals surface area contributed by atoms with Crippen LogP contribution in [-0.2, 0) is 32.6 Å². The largest absolute Gasteiger partial charge is 0.354 e. The van der Waals surface area contributed by atoms with Crippen molar-refractivity contribution in [1.29, 1.82) is 0 Å². The number of rotatable bonds is 13. The summed E-state index contributed by atoms with van der Waals surface area (Å²) in [6, 6.07) is 25.8. The molecule has 0 bridgehead atoms. The first-order valence-corrected chi connectivity index (χ1v) is 16.8. The zero-order valence-electron chi connectivity index (χ0n) is 27.0. The Bertz CT molecular complexity index is 1740. The highest BCUT2D eigenvalue weighted by molar-refractivity contribution is 7.92. The lowest BCUT2D eigenvalue weighted by molar-refractivity contribution is -0.140. The molecule has 0 radical (unpaired) electrons. The van der Waals surface area contributed by atoms with Crippen LogP contribution in [0.25, 0.3) is 0 Å². The monoisotopic (exact) mass is 643 g/mol. The maximum Gasteiger partial charge on any atom is 0.264 e. The predicted molar refractivity (Wildman–Crippen MR) is 180 cm³/mol. The van der Waals surface area contributed by atoms with E-state index in [1.54, 1.807) is 36.4 Å². The van der Waals surface area contributed by atoms with Gasteiger partial charge in [-0.3, -0.25) is 13.9 Å². The molecule has 1 N–H and O–H groups in total. The summed E-state index contributed by atoms with van der Waals surface area (Å²) in [4.78, 5) is 29.8. The van der Waals surface area contributed by atoms with Crippen LogP contribution in [0.3, 0.4) is 0 Å². The minimum Gasteiger partial charge on any atom is -0.354 e. The number of hydrogen-bond acceptors (Lipinski definition) is 4. The van der Waals surface area contributed by atoms with Gasteiger partial charge in [0.15, 0.2) is 0 Å². The molecule has 0 aliphatic rings. The molecule has 242 valence electrons. The van der Waals surface area contributed by atoms with Crippen molar-refractivity contribution < 1.29 is 22.4 Å². The van der Waals surface area contributed by atoms with Gasteiger partial charge in [-0.15, -0.1) is 0 Å². The van der Waals surface area contributed by atoms with E-state index in [0.29, 0.717) is 17.8 Å². The van der Waals surface area contributed by atoms with Crippen LogP contribution in [0.15, 0.2) is 102 Å². The number of aryl methyl sites for hydroxylation is 3. The highest BCUT2D eigenvalue weighted by Crippen LogP contribution is 2.27. The van der Waals surface area contributed by atoms with Gasteiger partial charge in [0.25, 0.3) is 10.0 Å². The van der Waals surface area contributed by atoms with Gasteiger partial charge in [0, 0.05) is 19.5 Å². The number of halogens is 1. The van der Waals surface area contributed by atoms with Crippen molar-refractivity contribution in [3.63, 3.8) is 0 Å². The van der Waals surface area contributed by atoms with Gasteiger partial charge < -0.3 is 10.2 Å². The van der Waals surface area contributed by atoms with E-state index in [2.05, 4.69) is 5.32 Å². The van der Waals surface area contributed by atoms with Crippen molar-refractivity contribution in [2.75, 3.05) is 17.4 Å². The summed E-state index contributed by atoms with van der Waals surface area (Å²) in [5, 5.41) is 2.97. The summed E-state index contributed by atoms with van der Waals surface area (Å²) in [5.41, 5.74) is 4.51. The van der Waals surface area contributed by atoms with Crippen LogP contribution < -0.4 is 9.62 Å². The summed E-state index contributed by atoms with van der Waals surface area (Å²) in [6.07, 6.45) is 0.200. The fourth-order valence-corrected chi connectivity index (χ4v) is 6.42. The summed E-state index contributed by atoms with van der Waals surface area (Å²) < 4.78 is 43.4. The number of sulfonamides is 1. The molecule has 0 saturated carbocycles. The van der Waals surface area contributed by atoms with Crippen LogP contribution in [-0.4, -0.2) is 44.3 Å². The van der Waals surface area contributed by atoms with E-state index >= 15 is 0 Å². The molecule has 4 aromatic carbocycles. The Morgan fingerprint density at radius 1 is 0.804 bits per heavy atom. The Kier molecular flexibility index (Phi) is 11.4. The zero-order valence-corrected chi connectivity index (χ0v) is 27.9. The van der Waals surface area contributed by atoms with Gasteiger partial charge in [0.1, 0.15) is 18.4 Å². The second-order valence-electron chi connectivity index (χ2n) is 12.1. The molecule has 2 amide bonds. The van der Waals surface area contributed by atoms with Crippen molar-refractivity contribution in [2.24, 2.45) is 5.92 Å². The summed E-state index contributed by atoms with van der Waals surface area (Å²) in [6.45, 7) is 9.45. The summed E-state index contributed by atoms with van der Waals surface area (Å²) in [5.74, 6) is -1.18. The van der Waals surface area contributed by atoms with E-state index in [9.17, 15) is 22.4 Å². The Labute approximate surface area is 272 Å². The number of anilines is 1. The zero-order chi connectivity index (χ0) is 33.4. The first kappa shape index (κ1) is 34.4. The molecule has 46 heavy (non-hydrogen) atoms. The van der Waals surface area contributed by atoms with Gasteiger partial charge in [-0.1, -0.05) is 80.1 Å². The molecule has 0 aliphatic heterocycles. The number of amides is 2. The van der Waals surface area contributed by atoms with E-state index in [1.165, 1.54) is 29.2 Å². The number of nitrogens with zero attached hydrogens (tertiary/aromatic N) is 2. The molecule has 0 spiro atoms. The van der Waals surface area contributed by atoms with E-state index in [0.717, 1.165) is 26.6 Å². The fourth-order valence-electron chi connectivity index (χ4n) is 5.01. The predicted octanol–water partition coefficient (Wildman–Crippen LogP) is 6.36. The third-order valence-electron chi connectivity index (χ3n) is 7.89. The van der Waals surface area contributed by atoms with Crippen LogP contribution in [0.5, 0.6) is 0 Å².